The molecule has 1 N–H and O–H groups in total. The number of anilines is 1. The highest BCUT2D eigenvalue weighted by atomic mass is 127. The second kappa shape index (κ2) is 6.84. The monoisotopic (exact) mass is 384 g/mol. The summed E-state index contributed by atoms with van der Waals surface area (Å²) in [5.74, 6) is 0.441. The molecule has 94 valence electrons. The molecule has 0 saturated heterocycles. The third-order valence-electron chi connectivity index (χ3n) is 2.10. The second-order valence-corrected chi connectivity index (χ2v) is 4.72. The number of methoxy groups -OCH3 is 1. The van der Waals surface area contributed by atoms with Crippen molar-refractivity contribution in [1.29, 1.82) is 15.8 Å². The Hall–Kier alpha value is -1.95. The fourth-order valence-corrected chi connectivity index (χ4v) is 2.12. The SMILES string of the molecule is COc1c(I)ccc(Cl)c1NC(C#N)=C(C#N)C#N. The lowest BCUT2D eigenvalue weighted by molar-refractivity contribution is 0.414. The molecule has 5 nitrogen and oxygen atoms in total. The standard InChI is InChI=1S/C12H6ClIN4O/c1-19-12-9(14)3-2-8(13)11(12)18-10(6-17)7(4-15)5-16/h2-3,18H,1H3. The summed E-state index contributed by atoms with van der Waals surface area (Å²) in [5.41, 5.74) is -0.151. The van der Waals surface area contributed by atoms with Gasteiger partial charge < -0.3 is 10.1 Å². The summed E-state index contributed by atoms with van der Waals surface area (Å²) in [6.07, 6.45) is 0. The van der Waals surface area contributed by atoms with E-state index in [1.165, 1.54) is 7.11 Å². The molecular formula is C12H6ClIN4O. The highest BCUT2D eigenvalue weighted by molar-refractivity contribution is 14.1. The van der Waals surface area contributed by atoms with Crippen LogP contribution in [0.1, 0.15) is 0 Å². The first-order chi connectivity index (χ1) is 9.08. The van der Waals surface area contributed by atoms with Gasteiger partial charge in [-0.2, -0.15) is 15.8 Å². The maximum atomic E-state index is 8.99. The van der Waals surface area contributed by atoms with Gasteiger partial charge in [-0.25, -0.2) is 0 Å². The van der Waals surface area contributed by atoms with Gasteiger partial charge in [0.25, 0.3) is 0 Å². The number of halogens is 2. The minimum atomic E-state index is -0.320. The summed E-state index contributed by atoms with van der Waals surface area (Å²) < 4.78 is 5.97. The van der Waals surface area contributed by atoms with Gasteiger partial charge in [0.15, 0.2) is 11.3 Å². The Morgan fingerprint density at radius 2 is 1.89 bits per heavy atom. The Morgan fingerprint density at radius 3 is 2.37 bits per heavy atom. The van der Waals surface area contributed by atoms with Crippen LogP contribution in [0.2, 0.25) is 5.02 Å². The topological polar surface area (TPSA) is 92.6 Å². The number of ether oxygens (including phenoxy) is 1. The predicted molar refractivity (Wildman–Crippen MR) is 78.2 cm³/mol. The van der Waals surface area contributed by atoms with Crippen molar-refractivity contribution in [1.82, 2.24) is 0 Å². The zero-order valence-corrected chi connectivity index (χ0v) is 12.6. The number of nitrogens with zero attached hydrogens (tertiary/aromatic N) is 3. The number of hydrogen-bond donors (Lipinski definition) is 1. The van der Waals surface area contributed by atoms with Gasteiger partial charge in [0.05, 0.1) is 15.7 Å². The molecular weight excluding hydrogens is 379 g/mol. The van der Waals surface area contributed by atoms with E-state index >= 15 is 0 Å². The van der Waals surface area contributed by atoms with Crippen LogP contribution >= 0.6 is 34.2 Å². The fraction of sp³-hybridized carbons (Fsp3) is 0.0833. The molecule has 1 aromatic carbocycles. The highest BCUT2D eigenvalue weighted by Gasteiger charge is 2.15. The van der Waals surface area contributed by atoms with E-state index in [1.54, 1.807) is 30.3 Å². The normalized spacial score (nSPS) is 8.63. The minimum absolute atomic E-state index is 0.174. The zero-order valence-electron chi connectivity index (χ0n) is 9.66. The molecule has 0 amide bonds. The van der Waals surface area contributed by atoms with Gasteiger partial charge in [0.1, 0.15) is 29.6 Å². The van der Waals surface area contributed by atoms with Crippen LogP contribution in [0.25, 0.3) is 0 Å². The lowest BCUT2D eigenvalue weighted by atomic mass is 10.2. The van der Waals surface area contributed by atoms with Crippen LogP contribution in [0, 0.1) is 37.6 Å². The van der Waals surface area contributed by atoms with Gasteiger partial charge >= 0.3 is 0 Å². The van der Waals surface area contributed by atoms with Crippen LogP contribution < -0.4 is 10.1 Å². The van der Waals surface area contributed by atoms with E-state index in [9.17, 15) is 0 Å². The van der Waals surface area contributed by atoms with E-state index in [2.05, 4.69) is 5.32 Å². The molecule has 0 bridgehead atoms. The van der Waals surface area contributed by atoms with Crippen LogP contribution in [-0.4, -0.2) is 7.11 Å². The lowest BCUT2D eigenvalue weighted by Crippen LogP contribution is -2.04. The molecule has 0 heterocycles. The molecule has 0 aliphatic rings. The predicted octanol–water partition coefficient (Wildman–Crippen LogP) is 3.19. The Morgan fingerprint density at radius 1 is 1.26 bits per heavy atom. The van der Waals surface area contributed by atoms with Gasteiger partial charge in [-0.1, -0.05) is 11.6 Å². The van der Waals surface area contributed by atoms with Crippen molar-refractivity contribution >= 4 is 39.9 Å². The third-order valence-corrected chi connectivity index (χ3v) is 3.26. The average Bonchev–Trinajstić information content (AvgIpc) is 2.42. The van der Waals surface area contributed by atoms with E-state index in [0.29, 0.717) is 16.5 Å². The van der Waals surface area contributed by atoms with E-state index in [0.717, 1.165) is 3.57 Å². The van der Waals surface area contributed by atoms with Crippen molar-refractivity contribution < 1.29 is 4.74 Å². The summed E-state index contributed by atoms with van der Waals surface area (Å²) >= 11 is 8.07. The Balaban J connectivity index is 3.40. The zero-order chi connectivity index (χ0) is 14.4. The van der Waals surface area contributed by atoms with E-state index in [-0.39, 0.29) is 11.3 Å². The number of hydrogen-bond acceptors (Lipinski definition) is 5. The van der Waals surface area contributed by atoms with Crippen molar-refractivity contribution in [2.75, 3.05) is 12.4 Å². The molecule has 0 unspecified atom stereocenters. The highest BCUT2D eigenvalue weighted by Crippen LogP contribution is 2.37. The summed E-state index contributed by atoms with van der Waals surface area (Å²) in [6, 6.07) is 8.42. The first-order valence-electron chi connectivity index (χ1n) is 4.82. The maximum Gasteiger partial charge on any atom is 0.163 e. The number of rotatable bonds is 3. The van der Waals surface area contributed by atoms with Crippen LogP contribution in [0.4, 0.5) is 5.69 Å². The van der Waals surface area contributed by atoms with Crippen molar-refractivity contribution in [3.63, 3.8) is 0 Å². The van der Waals surface area contributed by atoms with Crippen LogP contribution in [0.15, 0.2) is 23.4 Å². The molecule has 0 aliphatic heterocycles. The molecule has 0 radical (unpaired) electrons. The molecule has 0 fully saturated rings. The Kier molecular flexibility index (Phi) is 5.44. The smallest absolute Gasteiger partial charge is 0.163 e. The van der Waals surface area contributed by atoms with E-state index in [4.69, 9.17) is 32.1 Å². The quantitative estimate of drug-likeness (QED) is 0.638. The first-order valence-corrected chi connectivity index (χ1v) is 6.28. The summed E-state index contributed by atoms with van der Waals surface area (Å²) in [4.78, 5) is 0. The van der Waals surface area contributed by atoms with Crippen LogP contribution in [0.3, 0.4) is 0 Å². The average molecular weight is 385 g/mol. The fourth-order valence-electron chi connectivity index (χ4n) is 1.26. The van der Waals surface area contributed by atoms with E-state index in [1.807, 2.05) is 22.6 Å². The molecule has 7 heteroatoms. The summed E-state index contributed by atoms with van der Waals surface area (Å²) in [7, 11) is 1.46. The third kappa shape index (κ3) is 3.29. The molecule has 1 rings (SSSR count). The molecule has 0 aromatic heterocycles. The molecule has 1 aromatic rings. The van der Waals surface area contributed by atoms with Gasteiger partial charge in [-0.3, -0.25) is 0 Å². The minimum Gasteiger partial charge on any atom is -0.493 e. The summed E-state index contributed by atoms with van der Waals surface area (Å²) in [5, 5.41) is 29.5. The van der Waals surface area contributed by atoms with Crippen molar-refractivity contribution in [2.24, 2.45) is 0 Å². The Bertz CT molecular complexity index is 648. The Labute approximate surface area is 128 Å². The molecule has 0 saturated carbocycles. The van der Waals surface area contributed by atoms with Gasteiger partial charge in [-0.05, 0) is 34.7 Å². The second-order valence-electron chi connectivity index (χ2n) is 3.15. The summed E-state index contributed by atoms with van der Waals surface area (Å²) in [6.45, 7) is 0. The van der Waals surface area contributed by atoms with Gasteiger partial charge in [0.2, 0.25) is 0 Å². The molecule has 0 spiro atoms. The maximum absolute atomic E-state index is 8.99. The number of nitriles is 3. The number of allylic oxidation sites excluding steroid dienone is 2. The van der Waals surface area contributed by atoms with Gasteiger partial charge in [-0.15, -0.1) is 0 Å². The number of benzene rings is 1. The van der Waals surface area contributed by atoms with Gasteiger partial charge in [0, 0.05) is 0 Å². The molecule has 0 atom stereocenters. The van der Waals surface area contributed by atoms with Crippen molar-refractivity contribution in [2.45, 2.75) is 0 Å². The first kappa shape index (κ1) is 15.1. The van der Waals surface area contributed by atoms with Crippen LogP contribution in [0.5, 0.6) is 5.75 Å². The van der Waals surface area contributed by atoms with Crippen molar-refractivity contribution in [3.8, 4) is 24.0 Å². The number of nitrogens with one attached hydrogen (secondary N) is 1. The van der Waals surface area contributed by atoms with E-state index < -0.39 is 0 Å². The molecule has 19 heavy (non-hydrogen) atoms. The van der Waals surface area contributed by atoms with Crippen LogP contribution in [-0.2, 0) is 0 Å². The largest absolute Gasteiger partial charge is 0.493 e. The molecule has 0 aliphatic carbocycles. The lowest BCUT2D eigenvalue weighted by Gasteiger charge is -2.13. The van der Waals surface area contributed by atoms with Crippen molar-refractivity contribution in [3.05, 3.63) is 32.0 Å².